The molecule has 0 aromatic heterocycles. The third-order valence-corrected chi connectivity index (χ3v) is 4.28. The summed E-state index contributed by atoms with van der Waals surface area (Å²) in [6.45, 7) is 5.32. The molecule has 1 unspecified atom stereocenters. The second-order valence-corrected chi connectivity index (χ2v) is 6.33. The Morgan fingerprint density at radius 1 is 1.05 bits per heavy atom. The van der Waals surface area contributed by atoms with E-state index >= 15 is 0 Å². The molecule has 1 atom stereocenters. The summed E-state index contributed by atoms with van der Waals surface area (Å²) < 4.78 is 1.20. The van der Waals surface area contributed by atoms with E-state index < -0.39 is 0 Å². The topological polar surface area (TPSA) is 12.0 Å². The van der Waals surface area contributed by atoms with Crippen LogP contribution < -0.4 is 5.32 Å². The van der Waals surface area contributed by atoms with Gasteiger partial charge in [0.25, 0.3) is 0 Å². The number of benzene rings is 2. The molecule has 0 aliphatic rings. The SMILES string of the molecule is CNCC(Cc1cc(C)cc(C)c1)c1ccccc1Br. The van der Waals surface area contributed by atoms with Crippen molar-refractivity contribution in [2.75, 3.05) is 13.6 Å². The molecule has 2 aromatic rings. The molecule has 1 N–H and O–H groups in total. The zero-order valence-electron chi connectivity index (χ0n) is 12.4. The normalized spacial score (nSPS) is 12.4. The first kappa shape index (κ1) is 15.3. The monoisotopic (exact) mass is 331 g/mol. The molecule has 0 saturated heterocycles. The Balaban J connectivity index is 2.28. The van der Waals surface area contributed by atoms with Crippen LogP contribution in [0, 0.1) is 13.8 Å². The summed E-state index contributed by atoms with van der Waals surface area (Å²) in [5, 5.41) is 3.32. The highest BCUT2D eigenvalue weighted by atomic mass is 79.9. The van der Waals surface area contributed by atoms with Gasteiger partial charge in [0.2, 0.25) is 0 Å². The van der Waals surface area contributed by atoms with Gasteiger partial charge in [-0.2, -0.15) is 0 Å². The molecule has 0 fully saturated rings. The highest BCUT2D eigenvalue weighted by Crippen LogP contribution is 2.28. The van der Waals surface area contributed by atoms with E-state index in [4.69, 9.17) is 0 Å². The lowest BCUT2D eigenvalue weighted by molar-refractivity contribution is 0.623. The Morgan fingerprint density at radius 2 is 1.70 bits per heavy atom. The van der Waals surface area contributed by atoms with E-state index in [2.05, 4.69) is 77.6 Å². The maximum Gasteiger partial charge on any atom is 0.0210 e. The van der Waals surface area contributed by atoms with Crippen molar-refractivity contribution < 1.29 is 0 Å². The first-order chi connectivity index (χ1) is 9.60. The number of likely N-dealkylation sites (N-methyl/N-ethyl adjacent to an activating group) is 1. The second-order valence-electron chi connectivity index (χ2n) is 5.48. The van der Waals surface area contributed by atoms with Crippen LogP contribution in [-0.4, -0.2) is 13.6 Å². The molecule has 0 saturated carbocycles. The van der Waals surface area contributed by atoms with Gasteiger partial charge in [-0.15, -0.1) is 0 Å². The largest absolute Gasteiger partial charge is 0.319 e. The summed E-state index contributed by atoms with van der Waals surface area (Å²) in [5.41, 5.74) is 5.48. The van der Waals surface area contributed by atoms with E-state index in [1.807, 2.05) is 7.05 Å². The number of aryl methyl sites for hydroxylation is 2. The average Bonchev–Trinajstić information content (AvgIpc) is 2.37. The van der Waals surface area contributed by atoms with E-state index in [1.165, 1.54) is 26.7 Å². The predicted molar refractivity (Wildman–Crippen MR) is 90.4 cm³/mol. The molecule has 1 nitrogen and oxygen atoms in total. The average molecular weight is 332 g/mol. The van der Waals surface area contributed by atoms with Gasteiger partial charge in [-0.25, -0.2) is 0 Å². The molecule has 0 radical (unpaired) electrons. The Bertz CT molecular complexity index is 557. The van der Waals surface area contributed by atoms with Gasteiger partial charge >= 0.3 is 0 Å². The minimum atomic E-state index is 0.483. The molecule has 0 aliphatic heterocycles. The molecule has 0 bridgehead atoms. The highest BCUT2D eigenvalue weighted by molar-refractivity contribution is 9.10. The van der Waals surface area contributed by atoms with Crippen molar-refractivity contribution in [3.05, 3.63) is 69.2 Å². The summed E-state index contributed by atoms with van der Waals surface area (Å²) >= 11 is 3.68. The molecular formula is C18H22BrN. The lowest BCUT2D eigenvalue weighted by Crippen LogP contribution is -2.19. The van der Waals surface area contributed by atoms with Crippen molar-refractivity contribution in [3.63, 3.8) is 0 Å². The molecule has 0 aliphatic carbocycles. The van der Waals surface area contributed by atoms with Crippen molar-refractivity contribution in [1.29, 1.82) is 0 Å². The van der Waals surface area contributed by atoms with Crippen LogP contribution in [0.25, 0.3) is 0 Å². The van der Waals surface area contributed by atoms with E-state index in [0.29, 0.717) is 5.92 Å². The summed E-state index contributed by atoms with van der Waals surface area (Å²) in [7, 11) is 2.02. The van der Waals surface area contributed by atoms with Crippen molar-refractivity contribution in [3.8, 4) is 0 Å². The van der Waals surface area contributed by atoms with Crippen LogP contribution in [0.5, 0.6) is 0 Å². The fraction of sp³-hybridized carbons (Fsp3) is 0.333. The molecule has 2 rings (SSSR count). The number of hydrogen-bond acceptors (Lipinski definition) is 1. The zero-order chi connectivity index (χ0) is 14.5. The van der Waals surface area contributed by atoms with Crippen LogP contribution in [0.4, 0.5) is 0 Å². The van der Waals surface area contributed by atoms with Crippen molar-refractivity contribution in [2.24, 2.45) is 0 Å². The predicted octanol–water partition coefficient (Wildman–Crippen LogP) is 4.61. The van der Waals surface area contributed by atoms with Gasteiger partial charge in [-0.3, -0.25) is 0 Å². The van der Waals surface area contributed by atoms with Crippen molar-refractivity contribution >= 4 is 15.9 Å². The lowest BCUT2D eigenvalue weighted by atomic mass is 9.90. The Hall–Kier alpha value is -1.12. The molecule has 0 heterocycles. The fourth-order valence-electron chi connectivity index (χ4n) is 2.82. The van der Waals surface area contributed by atoms with Crippen LogP contribution in [0.3, 0.4) is 0 Å². The first-order valence-electron chi connectivity index (χ1n) is 7.06. The minimum Gasteiger partial charge on any atom is -0.319 e. The van der Waals surface area contributed by atoms with Gasteiger partial charge in [0.15, 0.2) is 0 Å². The van der Waals surface area contributed by atoms with Crippen LogP contribution >= 0.6 is 15.9 Å². The molecule has 0 amide bonds. The van der Waals surface area contributed by atoms with Crippen LogP contribution in [0.1, 0.15) is 28.2 Å². The lowest BCUT2D eigenvalue weighted by Gasteiger charge is -2.19. The summed E-state index contributed by atoms with van der Waals surface area (Å²) in [6.07, 6.45) is 1.06. The molecule has 2 heteroatoms. The minimum absolute atomic E-state index is 0.483. The van der Waals surface area contributed by atoms with Gasteiger partial charge in [0, 0.05) is 16.9 Å². The van der Waals surface area contributed by atoms with E-state index in [9.17, 15) is 0 Å². The summed E-state index contributed by atoms with van der Waals surface area (Å²) in [4.78, 5) is 0. The van der Waals surface area contributed by atoms with E-state index in [0.717, 1.165) is 13.0 Å². The van der Waals surface area contributed by atoms with E-state index in [-0.39, 0.29) is 0 Å². The van der Waals surface area contributed by atoms with Crippen molar-refractivity contribution in [2.45, 2.75) is 26.2 Å². The second kappa shape index (κ2) is 7.05. The van der Waals surface area contributed by atoms with E-state index in [1.54, 1.807) is 0 Å². The molecule has 0 spiro atoms. The van der Waals surface area contributed by atoms with Crippen LogP contribution in [0.15, 0.2) is 46.9 Å². The van der Waals surface area contributed by atoms with Crippen LogP contribution in [-0.2, 0) is 6.42 Å². The van der Waals surface area contributed by atoms with Gasteiger partial charge < -0.3 is 5.32 Å². The van der Waals surface area contributed by atoms with Gasteiger partial charge in [0.05, 0.1) is 0 Å². The maximum absolute atomic E-state index is 3.68. The number of nitrogens with one attached hydrogen (secondary N) is 1. The number of rotatable bonds is 5. The zero-order valence-corrected chi connectivity index (χ0v) is 14.0. The number of halogens is 1. The maximum atomic E-state index is 3.68. The third-order valence-electron chi connectivity index (χ3n) is 3.56. The Kier molecular flexibility index (Phi) is 5.38. The molecule has 20 heavy (non-hydrogen) atoms. The Labute approximate surface area is 130 Å². The van der Waals surface area contributed by atoms with Crippen LogP contribution in [0.2, 0.25) is 0 Å². The fourth-order valence-corrected chi connectivity index (χ4v) is 3.42. The van der Waals surface area contributed by atoms with Gasteiger partial charge in [-0.1, -0.05) is 63.5 Å². The summed E-state index contributed by atoms with van der Waals surface area (Å²) in [6, 6.07) is 15.4. The Morgan fingerprint density at radius 3 is 2.30 bits per heavy atom. The summed E-state index contributed by atoms with van der Waals surface area (Å²) in [5.74, 6) is 0.483. The first-order valence-corrected chi connectivity index (χ1v) is 7.85. The van der Waals surface area contributed by atoms with Crippen molar-refractivity contribution in [1.82, 2.24) is 5.32 Å². The molecular weight excluding hydrogens is 310 g/mol. The quantitative estimate of drug-likeness (QED) is 0.843. The van der Waals surface area contributed by atoms with Gasteiger partial charge in [-0.05, 0) is 44.5 Å². The smallest absolute Gasteiger partial charge is 0.0210 e. The number of hydrogen-bond donors (Lipinski definition) is 1. The third kappa shape index (κ3) is 3.94. The molecule has 106 valence electrons. The standard InChI is InChI=1S/C18H22BrN/c1-13-8-14(2)10-15(9-13)11-16(12-20-3)17-6-4-5-7-18(17)19/h4-10,16,20H,11-12H2,1-3H3. The molecule has 2 aromatic carbocycles. The van der Waals surface area contributed by atoms with Gasteiger partial charge in [0.1, 0.15) is 0 Å². The highest BCUT2D eigenvalue weighted by Gasteiger charge is 2.14.